The van der Waals surface area contributed by atoms with Gasteiger partial charge in [0.25, 0.3) is 5.91 Å². The van der Waals surface area contributed by atoms with Crippen molar-refractivity contribution >= 4 is 5.91 Å². The summed E-state index contributed by atoms with van der Waals surface area (Å²) < 4.78 is 22.2. The summed E-state index contributed by atoms with van der Waals surface area (Å²) in [6.07, 6.45) is 0.00295. The smallest absolute Gasteiger partial charge is 0.263 e. The van der Waals surface area contributed by atoms with Gasteiger partial charge in [0.2, 0.25) is 5.75 Å². The van der Waals surface area contributed by atoms with Crippen molar-refractivity contribution in [1.29, 1.82) is 0 Å². The fourth-order valence-electron chi connectivity index (χ4n) is 3.77. The third-order valence-electron chi connectivity index (χ3n) is 5.50. The molecule has 1 aliphatic rings. The molecule has 0 aromatic heterocycles. The number of piperazine rings is 1. The van der Waals surface area contributed by atoms with Gasteiger partial charge in [-0.25, -0.2) is 0 Å². The van der Waals surface area contributed by atoms with Crippen LogP contribution in [0.5, 0.6) is 23.0 Å². The van der Waals surface area contributed by atoms with E-state index in [1.807, 2.05) is 17.9 Å². The number of rotatable bonds is 9. The molecule has 2 aromatic carbocycles. The van der Waals surface area contributed by atoms with Crippen LogP contribution in [0.4, 0.5) is 0 Å². The van der Waals surface area contributed by atoms with Crippen LogP contribution in [0.1, 0.15) is 18.9 Å². The van der Waals surface area contributed by atoms with E-state index in [-0.39, 0.29) is 5.91 Å². The normalized spacial score (nSPS) is 15.3. The summed E-state index contributed by atoms with van der Waals surface area (Å²) in [5, 5.41) is 0. The summed E-state index contributed by atoms with van der Waals surface area (Å²) in [5.41, 5.74) is 1.29. The molecular formula is C24H32N2O5. The van der Waals surface area contributed by atoms with E-state index in [0.29, 0.717) is 42.5 Å². The Kier molecular flexibility index (Phi) is 8.00. The first-order valence-electron chi connectivity index (χ1n) is 10.6. The molecule has 7 nitrogen and oxygen atoms in total. The van der Waals surface area contributed by atoms with E-state index in [0.717, 1.165) is 19.6 Å². The third-order valence-corrected chi connectivity index (χ3v) is 5.50. The molecule has 7 heteroatoms. The van der Waals surface area contributed by atoms with Gasteiger partial charge in [0.15, 0.2) is 17.6 Å². The molecule has 0 radical (unpaired) electrons. The van der Waals surface area contributed by atoms with Crippen LogP contribution in [0, 0.1) is 0 Å². The number of hydrogen-bond donors (Lipinski definition) is 0. The molecule has 3 rings (SSSR count). The maximum atomic E-state index is 13.1. The van der Waals surface area contributed by atoms with Gasteiger partial charge in [-0.1, -0.05) is 37.3 Å². The van der Waals surface area contributed by atoms with Crippen molar-refractivity contribution in [3.05, 3.63) is 48.0 Å². The molecule has 168 valence electrons. The van der Waals surface area contributed by atoms with Gasteiger partial charge < -0.3 is 23.8 Å². The molecule has 0 bridgehead atoms. The minimum Gasteiger partial charge on any atom is -0.493 e. The second kappa shape index (κ2) is 10.9. The van der Waals surface area contributed by atoms with Crippen LogP contribution in [-0.4, -0.2) is 69.3 Å². The highest BCUT2D eigenvalue weighted by Gasteiger charge is 2.28. The van der Waals surface area contributed by atoms with E-state index in [2.05, 4.69) is 29.2 Å². The van der Waals surface area contributed by atoms with Crippen LogP contribution in [0.3, 0.4) is 0 Å². The Hall–Kier alpha value is -2.93. The van der Waals surface area contributed by atoms with E-state index in [9.17, 15) is 4.79 Å². The largest absolute Gasteiger partial charge is 0.493 e. The van der Waals surface area contributed by atoms with Crippen LogP contribution >= 0.6 is 0 Å². The van der Waals surface area contributed by atoms with Crippen LogP contribution < -0.4 is 18.9 Å². The van der Waals surface area contributed by atoms with Crippen LogP contribution in [-0.2, 0) is 11.3 Å². The lowest BCUT2D eigenvalue weighted by atomic mass is 10.1. The van der Waals surface area contributed by atoms with Gasteiger partial charge in [-0.3, -0.25) is 9.69 Å². The summed E-state index contributed by atoms with van der Waals surface area (Å²) in [6.45, 7) is 5.94. The van der Waals surface area contributed by atoms with E-state index >= 15 is 0 Å². The van der Waals surface area contributed by atoms with Gasteiger partial charge in [0.1, 0.15) is 5.75 Å². The van der Waals surface area contributed by atoms with E-state index < -0.39 is 6.10 Å². The fourth-order valence-corrected chi connectivity index (χ4v) is 3.77. The molecule has 1 aliphatic heterocycles. The highest BCUT2D eigenvalue weighted by Crippen LogP contribution is 2.41. The molecule has 31 heavy (non-hydrogen) atoms. The third kappa shape index (κ3) is 5.61. The van der Waals surface area contributed by atoms with E-state index in [4.69, 9.17) is 18.9 Å². The molecule has 0 spiro atoms. The summed E-state index contributed by atoms with van der Waals surface area (Å²) in [4.78, 5) is 17.4. The monoisotopic (exact) mass is 428 g/mol. The zero-order chi connectivity index (χ0) is 22.2. The molecule has 0 N–H and O–H groups in total. The average Bonchev–Trinajstić information content (AvgIpc) is 2.82. The molecule has 1 unspecified atom stereocenters. The quantitative estimate of drug-likeness (QED) is 0.611. The highest BCUT2D eigenvalue weighted by atomic mass is 16.5. The van der Waals surface area contributed by atoms with Crippen molar-refractivity contribution in [1.82, 2.24) is 9.80 Å². The number of benzene rings is 2. The van der Waals surface area contributed by atoms with Crippen molar-refractivity contribution in [3.63, 3.8) is 0 Å². The van der Waals surface area contributed by atoms with Crippen LogP contribution in [0.15, 0.2) is 42.5 Å². The number of amides is 1. The van der Waals surface area contributed by atoms with Crippen LogP contribution in [0.25, 0.3) is 0 Å². The fraction of sp³-hybridized carbons (Fsp3) is 0.458. The molecule has 1 saturated heterocycles. The number of carbonyl (C=O) groups is 1. The molecule has 1 amide bonds. The van der Waals surface area contributed by atoms with Crippen molar-refractivity contribution < 1.29 is 23.7 Å². The molecular weight excluding hydrogens is 396 g/mol. The number of carbonyl (C=O) groups excluding carboxylic acids is 1. The van der Waals surface area contributed by atoms with Gasteiger partial charge >= 0.3 is 0 Å². The maximum absolute atomic E-state index is 13.1. The Morgan fingerprint density at radius 2 is 1.55 bits per heavy atom. The van der Waals surface area contributed by atoms with Gasteiger partial charge in [-0.05, 0) is 12.0 Å². The molecule has 0 aliphatic carbocycles. The Bertz CT molecular complexity index is 825. The number of methoxy groups -OCH3 is 3. The van der Waals surface area contributed by atoms with E-state index in [1.165, 1.54) is 5.56 Å². The topological polar surface area (TPSA) is 60.5 Å². The second-order valence-electron chi connectivity index (χ2n) is 7.46. The second-order valence-corrected chi connectivity index (χ2v) is 7.46. The standard InChI is InChI=1S/C24H32N2O5/c1-5-20(31-19-15-21(28-2)23(30-4)22(16-19)29-3)24(27)26-13-11-25(12-14-26)17-18-9-7-6-8-10-18/h6-10,15-16,20H,5,11-14,17H2,1-4H3. The zero-order valence-corrected chi connectivity index (χ0v) is 18.8. The maximum Gasteiger partial charge on any atom is 0.263 e. The molecule has 0 saturated carbocycles. The Balaban J connectivity index is 1.62. The van der Waals surface area contributed by atoms with Crippen molar-refractivity contribution in [2.24, 2.45) is 0 Å². The minimum absolute atomic E-state index is 0.00983. The lowest BCUT2D eigenvalue weighted by molar-refractivity contribution is -0.140. The first-order chi connectivity index (χ1) is 15.1. The minimum atomic E-state index is -0.566. The van der Waals surface area contributed by atoms with Crippen molar-refractivity contribution in [2.75, 3.05) is 47.5 Å². The highest BCUT2D eigenvalue weighted by molar-refractivity contribution is 5.81. The lowest BCUT2D eigenvalue weighted by Gasteiger charge is -2.36. The van der Waals surface area contributed by atoms with Crippen molar-refractivity contribution in [3.8, 4) is 23.0 Å². The summed E-state index contributed by atoms with van der Waals surface area (Å²) in [5.74, 6) is 2.00. The number of ether oxygens (including phenoxy) is 4. The first-order valence-corrected chi connectivity index (χ1v) is 10.6. The van der Waals surface area contributed by atoms with Gasteiger partial charge in [-0.2, -0.15) is 0 Å². The predicted molar refractivity (Wildman–Crippen MR) is 119 cm³/mol. The average molecular weight is 429 g/mol. The molecule has 1 heterocycles. The van der Waals surface area contributed by atoms with Crippen LogP contribution in [0.2, 0.25) is 0 Å². The van der Waals surface area contributed by atoms with E-state index in [1.54, 1.807) is 33.5 Å². The predicted octanol–water partition coefficient (Wildman–Crippen LogP) is 3.21. The number of hydrogen-bond acceptors (Lipinski definition) is 6. The SMILES string of the molecule is CCC(Oc1cc(OC)c(OC)c(OC)c1)C(=O)N1CCN(Cc2ccccc2)CC1. The van der Waals surface area contributed by atoms with Gasteiger partial charge in [0, 0.05) is 44.9 Å². The Morgan fingerprint density at radius 1 is 0.935 bits per heavy atom. The molecule has 2 aromatic rings. The molecule has 1 atom stereocenters. The summed E-state index contributed by atoms with van der Waals surface area (Å²) in [6, 6.07) is 13.8. The Labute approximate surface area is 184 Å². The number of nitrogens with zero attached hydrogens (tertiary/aromatic N) is 2. The zero-order valence-electron chi connectivity index (χ0n) is 18.8. The summed E-state index contributed by atoms with van der Waals surface area (Å²) >= 11 is 0. The van der Waals surface area contributed by atoms with Gasteiger partial charge in [0.05, 0.1) is 21.3 Å². The van der Waals surface area contributed by atoms with Gasteiger partial charge in [-0.15, -0.1) is 0 Å². The molecule has 1 fully saturated rings. The Morgan fingerprint density at radius 3 is 2.06 bits per heavy atom. The first kappa shape index (κ1) is 22.7. The summed E-state index contributed by atoms with van der Waals surface area (Å²) in [7, 11) is 4.66. The van der Waals surface area contributed by atoms with Crippen molar-refractivity contribution in [2.45, 2.75) is 26.0 Å². The lowest BCUT2D eigenvalue weighted by Crippen LogP contribution is -2.52.